The van der Waals surface area contributed by atoms with Gasteiger partial charge >= 0.3 is 0 Å². The van der Waals surface area contributed by atoms with Gasteiger partial charge in [0.15, 0.2) is 0 Å². The Morgan fingerprint density at radius 3 is 2.53 bits per heavy atom. The van der Waals surface area contributed by atoms with E-state index < -0.39 is 8.07 Å². The lowest BCUT2D eigenvalue weighted by Crippen LogP contribution is -2.40. The van der Waals surface area contributed by atoms with Crippen LogP contribution in [0.25, 0.3) is 0 Å². The monoisotopic (exact) mass is 224 g/mol. The van der Waals surface area contributed by atoms with E-state index in [0.29, 0.717) is 17.4 Å². The molecule has 1 nitrogen and oxygen atoms in total. The van der Waals surface area contributed by atoms with Crippen molar-refractivity contribution in [2.75, 3.05) is 6.61 Å². The molecule has 0 amide bonds. The highest BCUT2D eigenvalue weighted by Gasteiger charge is 2.38. The molecule has 1 aliphatic rings. The smallest absolute Gasteiger partial charge is 0.0780 e. The number of allylic oxidation sites excluding steroid dienone is 2. The average molecular weight is 224 g/mol. The molecule has 0 saturated heterocycles. The van der Waals surface area contributed by atoms with Gasteiger partial charge in [0.05, 0.1) is 8.07 Å². The molecule has 0 radical (unpaired) electrons. The standard InChI is InChI=1S/C13H24OSi/c1-10(2)15(4,5)13-8-11(3)6-7-12(13)9-14/h6-7,11-14H,1,8-9H2,2-5H3/t11-,12-,13-/m0/s1. The van der Waals surface area contributed by atoms with E-state index in [1.165, 1.54) is 11.6 Å². The van der Waals surface area contributed by atoms with Gasteiger partial charge in [-0.1, -0.05) is 37.4 Å². The van der Waals surface area contributed by atoms with Gasteiger partial charge in [-0.25, -0.2) is 0 Å². The van der Waals surface area contributed by atoms with Crippen LogP contribution in [0.3, 0.4) is 0 Å². The second-order valence-corrected chi connectivity index (χ2v) is 10.6. The molecular formula is C13H24OSi. The quantitative estimate of drug-likeness (QED) is 0.575. The van der Waals surface area contributed by atoms with Gasteiger partial charge in [0.2, 0.25) is 0 Å². The second-order valence-electron chi connectivity index (χ2n) is 5.55. The first-order valence-corrected chi connectivity index (χ1v) is 8.92. The summed E-state index contributed by atoms with van der Waals surface area (Å²) in [5, 5.41) is 10.8. The predicted molar refractivity (Wildman–Crippen MR) is 69.5 cm³/mol. The molecule has 0 fully saturated rings. The third-order valence-corrected chi connectivity index (χ3v) is 8.78. The summed E-state index contributed by atoms with van der Waals surface area (Å²) in [5.74, 6) is 1.02. The largest absolute Gasteiger partial charge is 0.396 e. The average Bonchev–Trinajstić information content (AvgIpc) is 2.17. The van der Waals surface area contributed by atoms with E-state index in [-0.39, 0.29) is 6.61 Å². The van der Waals surface area contributed by atoms with Crippen LogP contribution in [0.5, 0.6) is 0 Å². The molecular weight excluding hydrogens is 200 g/mol. The summed E-state index contributed by atoms with van der Waals surface area (Å²) in [5.41, 5.74) is 0.653. The summed E-state index contributed by atoms with van der Waals surface area (Å²) in [4.78, 5) is 0. The van der Waals surface area contributed by atoms with Gasteiger partial charge in [0, 0.05) is 12.5 Å². The first-order chi connectivity index (χ1) is 6.89. The van der Waals surface area contributed by atoms with E-state index in [2.05, 4.69) is 45.7 Å². The fourth-order valence-corrected chi connectivity index (χ4v) is 5.34. The first-order valence-electron chi connectivity index (χ1n) is 5.84. The van der Waals surface area contributed by atoms with E-state index in [4.69, 9.17) is 0 Å². The summed E-state index contributed by atoms with van der Waals surface area (Å²) < 4.78 is 0. The van der Waals surface area contributed by atoms with Crippen LogP contribution in [-0.2, 0) is 0 Å². The van der Waals surface area contributed by atoms with Gasteiger partial charge in [-0.05, 0) is 24.8 Å². The molecule has 0 aromatic carbocycles. The minimum absolute atomic E-state index is 0.289. The van der Waals surface area contributed by atoms with Gasteiger partial charge in [-0.15, -0.1) is 6.58 Å². The highest BCUT2D eigenvalue weighted by Crippen LogP contribution is 2.42. The topological polar surface area (TPSA) is 20.2 Å². The van der Waals surface area contributed by atoms with Crippen molar-refractivity contribution in [1.82, 2.24) is 0 Å². The molecule has 0 aromatic heterocycles. The van der Waals surface area contributed by atoms with Gasteiger partial charge in [0.25, 0.3) is 0 Å². The van der Waals surface area contributed by atoms with Crippen LogP contribution in [-0.4, -0.2) is 19.8 Å². The number of hydrogen-bond acceptors (Lipinski definition) is 1. The van der Waals surface area contributed by atoms with Gasteiger partial charge in [-0.3, -0.25) is 0 Å². The number of aliphatic hydroxyl groups excluding tert-OH is 1. The molecule has 0 saturated carbocycles. The lowest BCUT2D eigenvalue weighted by molar-refractivity contribution is 0.234. The minimum Gasteiger partial charge on any atom is -0.396 e. The predicted octanol–water partition coefficient (Wildman–Crippen LogP) is 3.38. The van der Waals surface area contributed by atoms with Crippen molar-refractivity contribution in [3.63, 3.8) is 0 Å². The lowest BCUT2D eigenvalue weighted by atomic mass is 9.89. The Labute approximate surface area is 94.9 Å². The third kappa shape index (κ3) is 2.61. The van der Waals surface area contributed by atoms with Crippen molar-refractivity contribution in [2.24, 2.45) is 11.8 Å². The zero-order chi connectivity index (χ0) is 11.6. The van der Waals surface area contributed by atoms with Crippen LogP contribution < -0.4 is 0 Å². The summed E-state index contributed by atoms with van der Waals surface area (Å²) in [6.07, 6.45) is 5.69. The molecule has 15 heavy (non-hydrogen) atoms. The first kappa shape index (κ1) is 12.7. The molecule has 3 atom stereocenters. The Kier molecular flexibility index (Phi) is 3.96. The summed E-state index contributed by atoms with van der Waals surface area (Å²) in [6, 6.07) is 0. The molecule has 0 spiro atoms. The van der Waals surface area contributed by atoms with Gasteiger partial charge in [0.1, 0.15) is 0 Å². The van der Waals surface area contributed by atoms with Crippen LogP contribution >= 0.6 is 0 Å². The van der Waals surface area contributed by atoms with E-state index in [0.717, 1.165) is 0 Å². The Balaban J connectivity index is 2.92. The highest BCUT2D eigenvalue weighted by atomic mass is 28.3. The van der Waals surface area contributed by atoms with E-state index in [1.54, 1.807) is 0 Å². The second kappa shape index (κ2) is 4.66. The van der Waals surface area contributed by atoms with E-state index in [9.17, 15) is 5.11 Å². The van der Waals surface area contributed by atoms with Crippen molar-refractivity contribution in [3.8, 4) is 0 Å². The number of rotatable bonds is 3. The maximum atomic E-state index is 9.43. The Hall–Kier alpha value is -0.343. The van der Waals surface area contributed by atoms with Crippen LogP contribution in [0.2, 0.25) is 18.6 Å². The van der Waals surface area contributed by atoms with Crippen LogP contribution in [0.15, 0.2) is 23.9 Å². The van der Waals surface area contributed by atoms with Crippen LogP contribution in [0, 0.1) is 11.8 Å². The maximum Gasteiger partial charge on any atom is 0.0780 e. The van der Waals surface area contributed by atoms with Crippen LogP contribution in [0.4, 0.5) is 0 Å². The number of aliphatic hydroxyl groups is 1. The fourth-order valence-electron chi connectivity index (χ4n) is 2.45. The fraction of sp³-hybridized carbons (Fsp3) is 0.692. The summed E-state index contributed by atoms with van der Waals surface area (Å²) >= 11 is 0. The third-order valence-electron chi connectivity index (χ3n) is 4.07. The summed E-state index contributed by atoms with van der Waals surface area (Å²) in [6.45, 7) is 13.6. The van der Waals surface area contributed by atoms with Crippen molar-refractivity contribution in [2.45, 2.75) is 38.9 Å². The summed E-state index contributed by atoms with van der Waals surface area (Å²) in [7, 11) is -1.41. The SMILES string of the molecule is C=C(C)[Si](C)(C)[C@H]1C[C@@H](C)C=C[C@H]1CO. The van der Waals surface area contributed by atoms with Gasteiger partial charge in [-0.2, -0.15) is 0 Å². The zero-order valence-corrected chi connectivity index (χ0v) is 11.5. The van der Waals surface area contributed by atoms with Crippen molar-refractivity contribution in [3.05, 3.63) is 23.9 Å². The van der Waals surface area contributed by atoms with E-state index in [1.807, 2.05) is 0 Å². The normalized spacial score (nSPS) is 31.7. The molecule has 1 aliphatic carbocycles. The minimum atomic E-state index is -1.41. The lowest BCUT2D eigenvalue weighted by Gasteiger charge is -2.40. The molecule has 0 aliphatic heterocycles. The molecule has 1 N–H and O–H groups in total. The Morgan fingerprint density at radius 2 is 2.07 bits per heavy atom. The maximum absolute atomic E-state index is 9.43. The van der Waals surface area contributed by atoms with E-state index >= 15 is 0 Å². The Morgan fingerprint density at radius 1 is 1.47 bits per heavy atom. The molecule has 2 heteroatoms. The number of hydrogen-bond donors (Lipinski definition) is 1. The van der Waals surface area contributed by atoms with Crippen molar-refractivity contribution < 1.29 is 5.11 Å². The van der Waals surface area contributed by atoms with Crippen molar-refractivity contribution >= 4 is 8.07 Å². The zero-order valence-electron chi connectivity index (χ0n) is 10.5. The Bertz CT molecular complexity index is 268. The van der Waals surface area contributed by atoms with Crippen LogP contribution in [0.1, 0.15) is 20.3 Å². The van der Waals surface area contributed by atoms with Gasteiger partial charge < -0.3 is 5.11 Å². The molecule has 0 bridgehead atoms. The molecule has 1 rings (SSSR count). The molecule has 86 valence electrons. The molecule has 0 unspecified atom stereocenters. The molecule has 0 heterocycles. The molecule has 0 aromatic rings. The van der Waals surface area contributed by atoms with Crippen molar-refractivity contribution in [1.29, 1.82) is 0 Å². The highest BCUT2D eigenvalue weighted by molar-refractivity contribution is 6.85.